The molecule has 8 nitrogen and oxygen atoms in total. The first-order valence-corrected chi connectivity index (χ1v) is 13.9. The second kappa shape index (κ2) is 10.6. The summed E-state index contributed by atoms with van der Waals surface area (Å²) >= 11 is 6.15. The Bertz CT molecular complexity index is 1640. The molecule has 1 unspecified atom stereocenters. The van der Waals surface area contributed by atoms with E-state index in [0.29, 0.717) is 51.1 Å². The summed E-state index contributed by atoms with van der Waals surface area (Å²) in [6, 6.07) is 8.50. The Hall–Kier alpha value is -3.27. The highest BCUT2D eigenvalue weighted by Gasteiger charge is 2.24. The second-order valence-corrected chi connectivity index (χ2v) is 11.0. The number of pyridine rings is 2. The van der Waals surface area contributed by atoms with E-state index in [9.17, 15) is 13.2 Å². The van der Waals surface area contributed by atoms with Gasteiger partial charge in [0, 0.05) is 29.1 Å². The number of benzene rings is 1. The van der Waals surface area contributed by atoms with E-state index < -0.39 is 16.1 Å². The summed E-state index contributed by atoms with van der Waals surface area (Å²) < 4.78 is 31.3. The number of anilines is 1. The molecule has 3 heterocycles. The molecule has 3 aromatic heterocycles. The third-order valence-corrected chi connectivity index (χ3v) is 7.28. The number of sulfonamides is 1. The molecular weight excluding hydrogens is 512 g/mol. The first-order valence-electron chi connectivity index (χ1n) is 12.0. The smallest absolute Gasteiger partial charge is 0.257 e. The molecule has 4 rings (SSSR count). The van der Waals surface area contributed by atoms with Gasteiger partial charge in [0.15, 0.2) is 10.5 Å². The summed E-state index contributed by atoms with van der Waals surface area (Å²) in [5, 5.41) is 9.00. The minimum atomic E-state index is -4.18. The third kappa shape index (κ3) is 5.53. The highest BCUT2D eigenvalue weighted by atomic mass is 35.5. The largest absolute Gasteiger partial charge is 0.455 e. The lowest BCUT2D eigenvalue weighted by atomic mass is 9.98. The number of aromatic nitrogens is 2. The number of nitrogens with two attached hydrogens (primary N) is 1. The van der Waals surface area contributed by atoms with Crippen molar-refractivity contribution in [1.82, 2.24) is 9.97 Å². The van der Waals surface area contributed by atoms with Gasteiger partial charge in [-0.25, -0.2) is 18.5 Å². The van der Waals surface area contributed by atoms with Crippen LogP contribution >= 0.6 is 11.6 Å². The molecule has 0 saturated heterocycles. The van der Waals surface area contributed by atoms with Crippen LogP contribution in [-0.4, -0.2) is 18.4 Å². The molecule has 3 N–H and O–H groups in total. The molecule has 194 valence electrons. The first-order chi connectivity index (χ1) is 17.5. The minimum absolute atomic E-state index is 0.0527. The molecule has 10 heteroatoms. The maximum Gasteiger partial charge on any atom is 0.257 e. The Morgan fingerprint density at radius 2 is 1.97 bits per heavy atom. The van der Waals surface area contributed by atoms with Gasteiger partial charge in [-0.3, -0.25) is 9.78 Å². The van der Waals surface area contributed by atoms with Crippen LogP contribution in [0.1, 0.15) is 55.0 Å². The average Bonchev–Trinajstić information content (AvgIpc) is 2.85. The van der Waals surface area contributed by atoms with Crippen LogP contribution in [0.2, 0.25) is 5.15 Å². The van der Waals surface area contributed by atoms with Crippen molar-refractivity contribution in [2.45, 2.75) is 58.0 Å². The quantitative estimate of drug-likeness (QED) is 0.275. The zero-order chi connectivity index (χ0) is 26.9. The molecule has 0 radical (unpaired) electrons. The summed E-state index contributed by atoms with van der Waals surface area (Å²) in [4.78, 5) is 21.6. The fraction of sp³-hybridized carbons (Fsp3) is 0.296. The van der Waals surface area contributed by atoms with Crippen LogP contribution in [0.5, 0.6) is 0 Å². The van der Waals surface area contributed by atoms with Gasteiger partial charge in [-0.1, -0.05) is 31.0 Å². The Balaban J connectivity index is 1.91. The van der Waals surface area contributed by atoms with Gasteiger partial charge < -0.3 is 9.73 Å². The molecular formula is C27H29ClN4O4S. The molecule has 0 amide bonds. The highest BCUT2D eigenvalue weighted by Crippen LogP contribution is 2.35. The molecule has 0 saturated carbocycles. The van der Waals surface area contributed by atoms with E-state index in [0.717, 1.165) is 18.4 Å². The van der Waals surface area contributed by atoms with E-state index in [1.807, 2.05) is 32.9 Å². The topological polar surface area (TPSA) is 128 Å². The van der Waals surface area contributed by atoms with E-state index in [1.54, 1.807) is 37.5 Å². The Labute approximate surface area is 221 Å². The number of unbranched alkanes of at least 4 members (excludes halogenated alkanes) is 1. The van der Waals surface area contributed by atoms with E-state index in [1.165, 1.54) is 0 Å². The third-order valence-electron chi connectivity index (χ3n) is 6.25. The van der Waals surface area contributed by atoms with Crippen molar-refractivity contribution in [2.24, 2.45) is 5.14 Å². The maximum absolute atomic E-state index is 13.4. The van der Waals surface area contributed by atoms with Crippen molar-refractivity contribution in [3.8, 4) is 11.3 Å². The number of hydrogen-bond donors (Lipinski definition) is 2. The molecule has 0 bridgehead atoms. The number of hydrogen-bond acceptors (Lipinski definition) is 7. The molecule has 1 atom stereocenters. The van der Waals surface area contributed by atoms with Gasteiger partial charge in [-0.15, -0.1) is 0 Å². The lowest BCUT2D eigenvalue weighted by Gasteiger charge is -2.22. The Kier molecular flexibility index (Phi) is 7.68. The summed E-state index contributed by atoms with van der Waals surface area (Å²) in [6.07, 6.45) is 5.61. The van der Waals surface area contributed by atoms with Crippen LogP contribution in [-0.2, 0) is 16.4 Å². The molecule has 4 aromatic rings. The molecule has 37 heavy (non-hydrogen) atoms. The van der Waals surface area contributed by atoms with Crippen molar-refractivity contribution in [2.75, 3.05) is 5.32 Å². The van der Waals surface area contributed by atoms with Crippen LogP contribution < -0.4 is 15.9 Å². The number of fused-ring (bicyclic) bond motifs is 1. The highest BCUT2D eigenvalue weighted by molar-refractivity contribution is 7.89. The van der Waals surface area contributed by atoms with Gasteiger partial charge in [0.1, 0.15) is 16.5 Å². The van der Waals surface area contributed by atoms with Gasteiger partial charge in [0.2, 0.25) is 0 Å². The van der Waals surface area contributed by atoms with Crippen LogP contribution in [0.25, 0.3) is 22.3 Å². The first kappa shape index (κ1) is 26.8. The zero-order valence-electron chi connectivity index (χ0n) is 21.1. The zero-order valence-corrected chi connectivity index (χ0v) is 22.7. The fourth-order valence-electron chi connectivity index (χ4n) is 4.42. The normalized spacial score (nSPS) is 12.6. The van der Waals surface area contributed by atoms with Gasteiger partial charge >= 0.3 is 0 Å². The van der Waals surface area contributed by atoms with Crippen LogP contribution in [0.15, 0.2) is 57.0 Å². The molecule has 0 aliphatic rings. The van der Waals surface area contributed by atoms with Gasteiger partial charge in [-0.2, -0.15) is 0 Å². The van der Waals surface area contributed by atoms with Crippen molar-refractivity contribution < 1.29 is 12.8 Å². The lowest BCUT2D eigenvalue weighted by Crippen LogP contribution is -2.20. The van der Waals surface area contributed by atoms with E-state index in [2.05, 4.69) is 15.3 Å². The maximum atomic E-state index is 13.4. The molecule has 0 aliphatic heterocycles. The van der Waals surface area contributed by atoms with E-state index in [-0.39, 0.29) is 15.6 Å². The van der Waals surface area contributed by atoms with Gasteiger partial charge in [0.05, 0.1) is 17.1 Å². The summed E-state index contributed by atoms with van der Waals surface area (Å²) in [5.74, 6) is 0.435. The molecule has 0 fully saturated rings. The summed E-state index contributed by atoms with van der Waals surface area (Å²) in [7, 11) is -4.18. The molecule has 0 spiro atoms. The Morgan fingerprint density at radius 1 is 1.22 bits per heavy atom. The molecule has 0 aliphatic carbocycles. The fourth-order valence-corrected chi connectivity index (χ4v) is 5.39. The number of rotatable bonds is 8. The van der Waals surface area contributed by atoms with E-state index in [4.69, 9.17) is 21.2 Å². The van der Waals surface area contributed by atoms with Gasteiger partial charge in [-0.05, 0) is 69.0 Å². The number of primary sulfonamides is 1. The minimum Gasteiger partial charge on any atom is -0.455 e. The SMILES string of the molecule is CCCCc1cc(Cl)nc(S(N)(=O)=O)c1NC(C)c1cc(C)cc2c(=O)c(C)c(-c3cccnc3)oc12. The average molecular weight is 541 g/mol. The van der Waals surface area contributed by atoms with Crippen LogP contribution in [0.4, 0.5) is 5.69 Å². The van der Waals surface area contributed by atoms with Crippen LogP contribution in [0, 0.1) is 13.8 Å². The number of halogens is 1. The number of aryl methyl sites for hydroxylation is 2. The van der Waals surface area contributed by atoms with Gasteiger partial charge in [0.25, 0.3) is 10.0 Å². The molecule has 1 aromatic carbocycles. The van der Waals surface area contributed by atoms with Crippen molar-refractivity contribution in [3.63, 3.8) is 0 Å². The summed E-state index contributed by atoms with van der Waals surface area (Å²) in [6.45, 7) is 7.53. The predicted octanol–water partition coefficient (Wildman–Crippen LogP) is 5.68. The lowest BCUT2D eigenvalue weighted by molar-refractivity contribution is 0.593. The monoisotopic (exact) mass is 540 g/mol. The predicted molar refractivity (Wildman–Crippen MR) is 146 cm³/mol. The van der Waals surface area contributed by atoms with Crippen molar-refractivity contribution >= 4 is 38.3 Å². The van der Waals surface area contributed by atoms with E-state index >= 15 is 0 Å². The van der Waals surface area contributed by atoms with Crippen molar-refractivity contribution in [3.05, 3.63) is 80.4 Å². The number of nitrogens with zero attached hydrogens (tertiary/aromatic N) is 2. The van der Waals surface area contributed by atoms with Crippen molar-refractivity contribution in [1.29, 1.82) is 0 Å². The number of nitrogens with one attached hydrogen (secondary N) is 1. The van der Waals surface area contributed by atoms with Crippen LogP contribution in [0.3, 0.4) is 0 Å². The summed E-state index contributed by atoms with van der Waals surface area (Å²) in [5.41, 5.74) is 3.99. The standard InChI is InChI=1S/C27H29ClN4O4S/c1-5-6-8-18-13-22(28)32-27(37(29,34)35)23(18)31-17(4)20-11-15(2)12-21-24(33)16(3)25(36-26(20)21)19-9-7-10-30-14-19/h7,9-14,17,31H,5-6,8H2,1-4H3,(H2,29,34,35). The Morgan fingerprint density at radius 3 is 2.62 bits per heavy atom. The second-order valence-electron chi connectivity index (χ2n) is 9.16.